The average Bonchev–Trinajstić information content (AvgIpc) is 3.25. The monoisotopic (exact) mass is 474 g/mol. The van der Waals surface area contributed by atoms with Gasteiger partial charge in [0.25, 0.3) is 0 Å². The van der Waals surface area contributed by atoms with E-state index in [4.69, 9.17) is 14.8 Å². The van der Waals surface area contributed by atoms with Crippen molar-refractivity contribution in [2.24, 2.45) is 0 Å². The third-order valence-corrected chi connectivity index (χ3v) is 7.23. The molecule has 0 saturated heterocycles. The molecule has 0 amide bonds. The molecular weight excluding hydrogens is 444 g/mol. The number of ether oxygens (including phenoxy) is 1. The highest BCUT2D eigenvalue weighted by Crippen LogP contribution is 2.43. The molecule has 0 radical (unpaired) electrons. The third kappa shape index (κ3) is 4.62. The Morgan fingerprint density at radius 1 is 1.15 bits per heavy atom. The molecule has 7 heteroatoms. The maximum atomic E-state index is 13.2. The van der Waals surface area contributed by atoms with E-state index in [0.29, 0.717) is 19.0 Å². The molecule has 1 atom stereocenters. The molecule has 176 valence electrons. The molecule has 0 spiro atoms. The van der Waals surface area contributed by atoms with Gasteiger partial charge in [-0.3, -0.25) is 4.79 Å². The van der Waals surface area contributed by atoms with Gasteiger partial charge in [0.2, 0.25) is 11.1 Å². The van der Waals surface area contributed by atoms with Gasteiger partial charge >= 0.3 is 0 Å². The highest BCUT2D eigenvalue weighted by molar-refractivity contribution is 7.99. The molecule has 1 aliphatic heterocycles. The summed E-state index contributed by atoms with van der Waals surface area (Å²) in [7, 11) is 0. The summed E-state index contributed by atoms with van der Waals surface area (Å²) in [5, 5.41) is 9.00. The second-order valence-electron chi connectivity index (χ2n) is 8.87. The van der Waals surface area contributed by atoms with E-state index in [-0.39, 0.29) is 11.8 Å². The number of fused-ring (bicyclic) bond motifs is 1. The number of nitrogens with zero attached hydrogens (tertiary/aromatic N) is 3. The van der Waals surface area contributed by atoms with Crippen LogP contribution in [-0.4, -0.2) is 26.3 Å². The lowest BCUT2D eigenvalue weighted by atomic mass is 9.85. The number of Topliss-reactive ketones (excluding diaryl/α,β-unsaturated/α-hetero) is 1. The van der Waals surface area contributed by atoms with Gasteiger partial charge < -0.3 is 10.1 Å². The number of ketones is 1. The fourth-order valence-corrected chi connectivity index (χ4v) is 5.39. The van der Waals surface area contributed by atoms with E-state index in [0.717, 1.165) is 64.7 Å². The summed E-state index contributed by atoms with van der Waals surface area (Å²) in [6.45, 7) is 4.72. The summed E-state index contributed by atoms with van der Waals surface area (Å²) >= 11 is 1.66. The minimum Gasteiger partial charge on any atom is -0.489 e. The van der Waals surface area contributed by atoms with E-state index in [1.807, 2.05) is 28.9 Å². The van der Waals surface area contributed by atoms with Crippen molar-refractivity contribution < 1.29 is 9.53 Å². The Hall–Kier alpha value is -3.06. The number of rotatable bonds is 8. The number of hydrogen-bond donors (Lipinski definition) is 1. The van der Waals surface area contributed by atoms with Crippen molar-refractivity contribution >= 4 is 23.5 Å². The predicted octanol–water partition coefficient (Wildman–Crippen LogP) is 6.08. The molecule has 3 aromatic rings. The van der Waals surface area contributed by atoms with Gasteiger partial charge in [-0.1, -0.05) is 73.1 Å². The number of carbonyl (C=O) groups is 1. The zero-order valence-corrected chi connectivity index (χ0v) is 20.5. The zero-order chi connectivity index (χ0) is 23.5. The first kappa shape index (κ1) is 22.7. The maximum Gasteiger partial charge on any atom is 0.227 e. The van der Waals surface area contributed by atoms with Crippen LogP contribution >= 0.6 is 11.8 Å². The van der Waals surface area contributed by atoms with Crippen LogP contribution in [0.25, 0.3) is 0 Å². The lowest BCUT2D eigenvalue weighted by Gasteiger charge is -2.32. The van der Waals surface area contributed by atoms with Crippen molar-refractivity contribution in [2.45, 2.75) is 63.8 Å². The molecule has 6 nitrogen and oxygen atoms in total. The first-order valence-electron chi connectivity index (χ1n) is 12.0. The Morgan fingerprint density at radius 3 is 2.79 bits per heavy atom. The van der Waals surface area contributed by atoms with Gasteiger partial charge in [0.1, 0.15) is 18.4 Å². The second-order valence-corrected chi connectivity index (χ2v) is 9.94. The van der Waals surface area contributed by atoms with Crippen LogP contribution in [0.3, 0.4) is 0 Å². The molecule has 2 aliphatic rings. The Bertz CT molecular complexity index is 1220. The van der Waals surface area contributed by atoms with Gasteiger partial charge in [-0.15, -0.1) is 5.10 Å². The molecule has 5 rings (SSSR count). The standard InChI is InChI=1S/C27H30N4O2S/c1-3-4-16-34-27-29-26-28-21-9-7-10-22(32)24(21)25(31(26)30-27)20-8-5-6-11-23(20)33-17-19-14-12-18(2)13-15-19/h5-6,8,11-15,25H,3-4,7,9-10,16-17H2,1-2H3,(H,28,29,30). The Morgan fingerprint density at radius 2 is 1.97 bits per heavy atom. The Balaban J connectivity index is 1.51. The number of nitrogens with one attached hydrogen (secondary N) is 1. The SMILES string of the molecule is CCCCSc1nc2n(n1)C(c1ccccc1OCc1ccc(C)cc1)C1=C(CCCC1=O)N2. The smallest absolute Gasteiger partial charge is 0.227 e. The number of thioether (sulfide) groups is 1. The van der Waals surface area contributed by atoms with Crippen molar-refractivity contribution in [3.8, 4) is 5.75 Å². The van der Waals surface area contributed by atoms with E-state index < -0.39 is 0 Å². The Kier molecular flexibility index (Phi) is 6.72. The van der Waals surface area contributed by atoms with Crippen molar-refractivity contribution in [1.82, 2.24) is 14.8 Å². The number of para-hydroxylation sites is 1. The van der Waals surface area contributed by atoms with Crippen LogP contribution in [0, 0.1) is 6.92 Å². The highest BCUT2D eigenvalue weighted by atomic mass is 32.2. The molecule has 1 unspecified atom stereocenters. The summed E-state index contributed by atoms with van der Waals surface area (Å²) in [5.74, 6) is 2.62. The van der Waals surface area contributed by atoms with Crippen LogP contribution in [-0.2, 0) is 11.4 Å². The third-order valence-electron chi connectivity index (χ3n) is 6.31. The average molecular weight is 475 g/mol. The van der Waals surface area contributed by atoms with Crippen molar-refractivity contribution in [3.63, 3.8) is 0 Å². The van der Waals surface area contributed by atoms with E-state index >= 15 is 0 Å². The summed E-state index contributed by atoms with van der Waals surface area (Å²) in [6, 6.07) is 16.0. The summed E-state index contributed by atoms with van der Waals surface area (Å²) in [5.41, 5.74) is 5.03. The van der Waals surface area contributed by atoms with E-state index in [1.165, 1.54) is 5.56 Å². The second kappa shape index (κ2) is 10.1. The quantitative estimate of drug-likeness (QED) is 0.315. The number of anilines is 1. The lowest BCUT2D eigenvalue weighted by Crippen LogP contribution is -2.31. The highest BCUT2D eigenvalue weighted by Gasteiger charge is 2.38. The van der Waals surface area contributed by atoms with E-state index in [9.17, 15) is 4.79 Å². The molecule has 34 heavy (non-hydrogen) atoms. The van der Waals surface area contributed by atoms with Crippen molar-refractivity contribution in [3.05, 3.63) is 76.5 Å². The van der Waals surface area contributed by atoms with Crippen LogP contribution in [0.15, 0.2) is 65.0 Å². The van der Waals surface area contributed by atoms with E-state index in [2.05, 4.69) is 43.4 Å². The maximum absolute atomic E-state index is 13.2. The fourth-order valence-electron chi connectivity index (χ4n) is 4.48. The normalized spacial score (nSPS) is 17.2. The van der Waals surface area contributed by atoms with Gasteiger partial charge in [-0.05, 0) is 37.8 Å². The zero-order valence-electron chi connectivity index (χ0n) is 19.7. The largest absolute Gasteiger partial charge is 0.489 e. The van der Waals surface area contributed by atoms with Crippen LogP contribution in [0.4, 0.5) is 5.95 Å². The number of unbranched alkanes of at least 4 members (excludes halogenated alkanes) is 1. The molecule has 2 heterocycles. The van der Waals surface area contributed by atoms with Gasteiger partial charge in [0, 0.05) is 29.0 Å². The van der Waals surface area contributed by atoms with Crippen LogP contribution in [0.5, 0.6) is 5.75 Å². The molecule has 0 saturated carbocycles. The number of aromatic nitrogens is 3. The summed E-state index contributed by atoms with van der Waals surface area (Å²) < 4.78 is 8.19. The molecule has 1 aliphatic carbocycles. The van der Waals surface area contributed by atoms with E-state index in [1.54, 1.807) is 11.8 Å². The number of carbonyl (C=O) groups excluding carboxylic acids is 1. The summed E-state index contributed by atoms with van der Waals surface area (Å²) in [4.78, 5) is 17.9. The molecule has 1 N–H and O–H groups in total. The fraction of sp³-hybridized carbons (Fsp3) is 0.370. The minimum atomic E-state index is -0.346. The van der Waals surface area contributed by atoms with Crippen LogP contribution in [0.1, 0.15) is 61.8 Å². The molecule has 2 aromatic carbocycles. The van der Waals surface area contributed by atoms with Gasteiger partial charge in [-0.2, -0.15) is 4.98 Å². The molecule has 0 bridgehead atoms. The summed E-state index contributed by atoms with van der Waals surface area (Å²) in [6.07, 6.45) is 4.52. The van der Waals surface area contributed by atoms with Gasteiger partial charge in [0.05, 0.1) is 0 Å². The molecular formula is C27H30N4O2S. The van der Waals surface area contributed by atoms with Crippen LogP contribution in [0.2, 0.25) is 0 Å². The topological polar surface area (TPSA) is 69.0 Å². The van der Waals surface area contributed by atoms with Gasteiger partial charge in [0.15, 0.2) is 5.78 Å². The Labute approximate surface area is 204 Å². The van der Waals surface area contributed by atoms with Crippen LogP contribution < -0.4 is 10.1 Å². The number of allylic oxidation sites excluding steroid dienone is 2. The number of benzene rings is 2. The first-order chi connectivity index (χ1) is 16.6. The number of hydrogen-bond acceptors (Lipinski definition) is 6. The van der Waals surface area contributed by atoms with Gasteiger partial charge in [-0.25, -0.2) is 4.68 Å². The molecule has 0 fully saturated rings. The lowest BCUT2D eigenvalue weighted by molar-refractivity contribution is -0.116. The van der Waals surface area contributed by atoms with Crippen molar-refractivity contribution in [1.29, 1.82) is 0 Å². The number of aryl methyl sites for hydroxylation is 1. The minimum absolute atomic E-state index is 0.174. The molecule has 1 aromatic heterocycles. The van der Waals surface area contributed by atoms with Crippen molar-refractivity contribution in [2.75, 3.05) is 11.1 Å². The first-order valence-corrected chi connectivity index (χ1v) is 13.0. The predicted molar refractivity (Wildman–Crippen MR) is 135 cm³/mol.